The third-order valence-corrected chi connectivity index (χ3v) is 4.01. The van der Waals surface area contributed by atoms with Gasteiger partial charge in [-0.3, -0.25) is 0 Å². The lowest BCUT2D eigenvalue weighted by Gasteiger charge is -2.47. The van der Waals surface area contributed by atoms with Crippen molar-refractivity contribution in [1.82, 2.24) is 0 Å². The van der Waals surface area contributed by atoms with Gasteiger partial charge in [-0.1, -0.05) is 45.4 Å². The van der Waals surface area contributed by atoms with Gasteiger partial charge in [0.1, 0.15) is 11.4 Å². The van der Waals surface area contributed by atoms with E-state index < -0.39 is 0 Å². The van der Waals surface area contributed by atoms with Crippen molar-refractivity contribution in [3.05, 3.63) is 30.3 Å². The van der Waals surface area contributed by atoms with E-state index in [2.05, 4.69) is 26.8 Å². The lowest BCUT2D eigenvalue weighted by molar-refractivity contribution is -0.0616. The van der Waals surface area contributed by atoms with Gasteiger partial charge in [0.25, 0.3) is 0 Å². The summed E-state index contributed by atoms with van der Waals surface area (Å²) in [4.78, 5) is 0. The van der Waals surface area contributed by atoms with Gasteiger partial charge in [-0.2, -0.15) is 0 Å². The Balaban J connectivity index is 2.22. The highest BCUT2D eigenvalue weighted by molar-refractivity contribution is 5.21. The van der Waals surface area contributed by atoms with E-state index in [0.717, 1.165) is 5.75 Å². The van der Waals surface area contributed by atoms with Crippen LogP contribution < -0.4 is 4.74 Å². The molecule has 93 valence electrons. The first-order valence-electron chi connectivity index (χ1n) is 6.69. The van der Waals surface area contributed by atoms with Crippen molar-refractivity contribution >= 4 is 0 Å². The minimum absolute atomic E-state index is 0.0108. The van der Waals surface area contributed by atoms with E-state index in [0.29, 0.717) is 0 Å². The van der Waals surface area contributed by atoms with Gasteiger partial charge in [0.05, 0.1) is 0 Å². The summed E-state index contributed by atoms with van der Waals surface area (Å²) in [6, 6.07) is 11.1. The van der Waals surface area contributed by atoms with Crippen LogP contribution in [0.1, 0.15) is 52.9 Å². The smallest absolute Gasteiger partial charge is 0.128 e. The summed E-state index contributed by atoms with van der Waals surface area (Å²) < 4.78 is 6.35. The van der Waals surface area contributed by atoms with Gasteiger partial charge in [-0.05, 0) is 31.7 Å². The first-order chi connectivity index (χ1) is 8.04. The van der Waals surface area contributed by atoms with Crippen molar-refractivity contribution in [3.8, 4) is 5.75 Å². The predicted molar refractivity (Wildman–Crippen MR) is 71.2 cm³/mol. The molecule has 0 N–H and O–H groups in total. The molecule has 1 radical (unpaired) electrons. The molecule has 0 unspecified atom stereocenters. The summed E-state index contributed by atoms with van der Waals surface area (Å²) in [5, 5.41) is 0. The molecular formula is C16H23O. The van der Waals surface area contributed by atoms with Crippen LogP contribution in [0.5, 0.6) is 5.75 Å². The van der Waals surface area contributed by atoms with Crippen LogP contribution in [0.2, 0.25) is 0 Å². The Morgan fingerprint density at radius 1 is 1.12 bits per heavy atom. The maximum absolute atomic E-state index is 6.35. The molecule has 1 aliphatic rings. The molecule has 17 heavy (non-hydrogen) atoms. The zero-order valence-corrected chi connectivity index (χ0v) is 11.3. The second kappa shape index (κ2) is 4.72. The second-order valence-corrected chi connectivity index (χ2v) is 6.13. The third-order valence-electron chi connectivity index (χ3n) is 4.01. The quantitative estimate of drug-likeness (QED) is 0.722. The molecule has 1 aromatic carbocycles. The van der Waals surface area contributed by atoms with Crippen molar-refractivity contribution in [2.75, 3.05) is 0 Å². The Bertz CT molecular complexity index is 342. The lowest BCUT2D eigenvalue weighted by Crippen LogP contribution is -2.49. The van der Waals surface area contributed by atoms with E-state index >= 15 is 0 Å². The van der Waals surface area contributed by atoms with Gasteiger partial charge >= 0.3 is 0 Å². The highest BCUT2D eigenvalue weighted by Crippen LogP contribution is 2.45. The zero-order valence-electron chi connectivity index (χ0n) is 11.3. The van der Waals surface area contributed by atoms with Crippen LogP contribution in [-0.4, -0.2) is 5.60 Å². The van der Waals surface area contributed by atoms with E-state index in [1.807, 2.05) is 24.3 Å². The van der Waals surface area contributed by atoms with Crippen LogP contribution in [0.15, 0.2) is 24.3 Å². The van der Waals surface area contributed by atoms with Crippen LogP contribution >= 0.6 is 0 Å². The largest absolute Gasteiger partial charge is 0.486 e. The van der Waals surface area contributed by atoms with Crippen molar-refractivity contribution in [2.24, 2.45) is 5.41 Å². The molecular weight excluding hydrogens is 208 g/mol. The molecule has 0 atom stereocenters. The Hall–Kier alpha value is -0.980. The zero-order chi connectivity index (χ0) is 12.4. The minimum atomic E-state index is -0.0108. The van der Waals surface area contributed by atoms with Crippen LogP contribution in [0.4, 0.5) is 0 Å². The van der Waals surface area contributed by atoms with Crippen LogP contribution in [0, 0.1) is 11.5 Å². The van der Waals surface area contributed by atoms with Crippen LogP contribution in [0.3, 0.4) is 0 Å². The van der Waals surface area contributed by atoms with Gasteiger partial charge in [-0.15, -0.1) is 0 Å². The number of rotatable bonds is 2. The summed E-state index contributed by atoms with van der Waals surface area (Å²) in [7, 11) is 0. The number of ether oxygens (including phenoxy) is 1. The molecule has 0 saturated heterocycles. The average molecular weight is 231 g/mol. The number of hydrogen-bond donors (Lipinski definition) is 0. The Kier molecular flexibility index (Phi) is 3.46. The highest BCUT2D eigenvalue weighted by atomic mass is 16.5. The first kappa shape index (κ1) is 12.5. The van der Waals surface area contributed by atoms with Gasteiger partial charge in [0, 0.05) is 11.5 Å². The van der Waals surface area contributed by atoms with E-state index in [-0.39, 0.29) is 11.0 Å². The molecule has 1 heteroatoms. The van der Waals surface area contributed by atoms with Crippen molar-refractivity contribution in [2.45, 2.75) is 58.5 Å². The minimum Gasteiger partial charge on any atom is -0.486 e. The van der Waals surface area contributed by atoms with E-state index in [4.69, 9.17) is 4.74 Å². The molecule has 1 nitrogen and oxygen atoms in total. The van der Waals surface area contributed by atoms with Crippen molar-refractivity contribution in [3.63, 3.8) is 0 Å². The van der Waals surface area contributed by atoms with E-state index in [1.54, 1.807) is 0 Å². The molecule has 2 rings (SSSR count). The SMILES string of the molecule is CC(C)(C)C1(Oc2[c]cccc2)CCCCC1. The predicted octanol–water partition coefficient (Wildman–Crippen LogP) is 4.61. The maximum Gasteiger partial charge on any atom is 0.128 e. The summed E-state index contributed by atoms with van der Waals surface area (Å²) in [6.45, 7) is 6.88. The second-order valence-electron chi connectivity index (χ2n) is 6.13. The first-order valence-corrected chi connectivity index (χ1v) is 6.69. The molecule has 0 aromatic heterocycles. The summed E-state index contributed by atoms with van der Waals surface area (Å²) in [5.41, 5.74) is 0.167. The fourth-order valence-corrected chi connectivity index (χ4v) is 2.78. The van der Waals surface area contributed by atoms with E-state index in [1.165, 1.54) is 32.1 Å². The molecule has 1 aromatic rings. The molecule has 1 aliphatic carbocycles. The van der Waals surface area contributed by atoms with E-state index in [9.17, 15) is 0 Å². The van der Waals surface area contributed by atoms with Crippen molar-refractivity contribution in [1.29, 1.82) is 0 Å². The summed E-state index contributed by atoms with van der Waals surface area (Å²) >= 11 is 0. The van der Waals surface area contributed by atoms with Gasteiger partial charge in [-0.25, -0.2) is 0 Å². The third kappa shape index (κ3) is 2.65. The average Bonchev–Trinajstić information content (AvgIpc) is 2.30. The molecule has 0 aliphatic heterocycles. The van der Waals surface area contributed by atoms with Gasteiger partial charge < -0.3 is 4.74 Å². The van der Waals surface area contributed by atoms with Gasteiger partial charge in [0.2, 0.25) is 0 Å². The molecule has 0 bridgehead atoms. The van der Waals surface area contributed by atoms with Gasteiger partial charge in [0.15, 0.2) is 0 Å². The Morgan fingerprint density at radius 2 is 1.82 bits per heavy atom. The lowest BCUT2D eigenvalue weighted by atomic mass is 9.68. The highest BCUT2D eigenvalue weighted by Gasteiger charge is 2.44. The number of benzene rings is 1. The molecule has 1 fully saturated rings. The molecule has 0 heterocycles. The van der Waals surface area contributed by atoms with Crippen molar-refractivity contribution < 1.29 is 4.74 Å². The van der Waals surface area contributed by atoms with Crippen LogP contribution in [-0.2, 0) is 0 Å². The monoisotopic (exact) mass is 231 g/mol. The topological polar surface area (TPSA) is 9.23 Å². The fraction of sp³-hybridized carbons (Fsp3) is 0.625. The molecule has 1 saturated carbocycles. The Labute approximate surface area is 105 Å². The summed E-state index contributed by atoms with van der Waals surface area (Å²) in [5.74, 6) is 0.893. The fourth-order valence-electron chi connectivity index (χ4n) is 2.78. The number of para-hydroxylation sites is 1. The molecule has 0 spiro atoms. The summed E-state index contributed by atoms with van der Waals surface area (Å²) in [6.07, 6.45) is 6.24. The maximum atomic E-state index is 6.35. The standard InChI is InChI=1S/C16H23O/c1-15(2,3)16(12-8-5-9-13-16)17-14-10-6-4-7-11-14/h4,6-7,10H,5,8-9,12-13H2,1-3H3. The molecule has 0 amide bonds. The Morgan fingerprint density at radius 3 is 2.35 bits per heavy atom. The normalized spacial score (nSPS) is 19.9. The van der Waals surface area contributed by atoms with Crippen LogP contribution in [0.25, 0.3) is 0 Å². The number of hydrogen-bond acceptors (Lipinski definition) is 1.